The van der Waals surface area contributed by atoms with Crippen molar-refractivity contribution in [2.24, 2.45) is 5.73 Å². The first-order chi connectivity index (χ1) is 8.33. The largest absolute Gasteiger partial charge is 0.493 e. The summed E-state index contributed by atoms with van der Waals surface area (Å²) in [7, 11) is 1.65. The van der Waals surface area contributed by atoms with Crippen LogP contribution in [0.1, 0.15) is 18.4 Å². The summed E-state index contributed by atoms with van der Waals surface area (Å²) in [6, 6.07) is 5.81. The van der Waals surface area contributed by atoms with E-state index < -0.39 is 0 Å². The highest BCUT2D eigenvalue weighted by Crippen LogP contribution is 2.30. The Kier molecular flexibility index (Phi) is 4.23. The van der Waals surface area contributed by atoms with Crippen LogP contribution in [-0.4, -0.2) is 26.4 Å². The van der Waals surface area contributed by atoms with E-state index in [0.29, 0.717) is 6.54 Å². The molecule has 0 aliphatic carbocycles. The van der Waals surface area contributed by atoms with E-state index in [4.69, 9.17) is 19.9 Å². The molecule has 0 atom stereocenters. The Labute approximate surface area is 102 Å². The van der Waals surface area contributed by atoms with Crippen LogP contribution in [0.3, 0.4) is 0 Å². The minimum atomic E-state index is 0.214. The maximum Gasteiger partial charge on any atom is 0.161 e. The predicted octanol–water partition coefficient (Wildman–Crippen LogP) is 1.71. The Hall–Kier alpha value is -1.26. The summed E-state index contributed by atoms with van der Waals surface area (Å²) < 4.78 is 16.6. The molecule has 94 valence electrons. The number of hydrogen-bond donors (Lipinski definition) is 1. The van der Waals surface area contributed by atoms with Gasteiger partial charge in [-0.2, -0.15) is 0 Å². The van der Waals surface area contributed by atoms with Crippen molar-refractivity contribution in [1.82, 2.24) is 0 Å². The highest BCUT2D eigenvalue weighted by atomic mass is 16.5. The maximum absolute atomic E-state index is 5.96. The molecule has 0 amide bonds. The normalized spacial score (nSPS) is 16.8. The van der Waals surface area contributed by atoms with Gasteiger partial charge < -0.3 is 19.9 Å². The zero-order valence-electron chi connectivity index (χ0n) is 10.1. The van der Waals surface area contributed by atoms with Gasteiger partial charge in [0.15, 0.2) is 11.5 Å². The lowest BCUT2D eigenvalue weighted by atomic mass is 10.1. The quantitative estimate of drug-likeness (QED) is 0.866. The van der Waals surface area contributed by atoms with Gasteiger partial charge in [0.1, 0.15) is 6.10 Å². The number of benzene rings is 1. The van der Waals surface area contributed by atoms with Crippen LogP contribution in [-0.2, 0) is 11.3 Å². The van der Waals surface area contributed by atoms with Crippen molar-refractivity contribution in [2.45, 2.75) is 25.5 Å². The molecule has 2 N–H and O–H groups in total. The van der Waals surface area contributed by atoms with E-state index in [-0.39, 0.29) is 6.10 Å². The second kappa shape index (κ2) is 5.89. The molecule has 4 nitrogen and oxygen atoms in total. The van der Waals surface area contributed by atoms with Gasteiger partial charge in [-0.05, 0) is 17.7 Å². The number of methoxy groups -OCH3 is 1. The monoisotopic (exact) mass is 237 g/mol. The third kappa shape index (κ3) is 3.11. The fraction of sp³-hybridized carbons (Fsp3) is 0.538. The van der Waals surface area contributed by atoms with Crippen molar-refractivity contribution in [3.63, 3.8) is 0 Å². The predicted molar refractivity (Wildman–Crippen MR) is 65.4 cm³/mol. The van der Waals surface area contributed by atoms with Crippen LogP contribution >= 0.6 is 0 Å². The molecule has 0 unspecified atom stereocenters. The Morgan fingerprint density at radius 2 is 2.06 bits per heavy atom. The zero-order valence-corrected chi connectivity index (χ0v) is 10.1. The fourth-order valence-corrected chi connectivity index (χ4v) is 1.91. The van der Waals surface area contributed by atoms with E-state index in [0.717, 1.165) is 43.1 Å². The molecule has 17 heavy (non-hydrogen) atoms. The summed E-state index contributed by atoms with van der Waals surface area (Å²) in [6.07, 6.45) is 2.07. The minimum Gasteiger partial charge on any atom is -0.493 e. The molecule has 1 fully saturated rings. The molecule has 0 bridgehead atoms. The lowest BCUT2D eigenvalue weighted by Gasteiger charge is -2.24. The van der Waals surface area contributed by atoms with E-state index in [1.54, 1.807) is 7.11 Å². The highest BCUT2D eigenvalue weighted by molar-refractivity contribution is 5.43. The summed E-state index contributed by atoms with van der Waals surface area (Å²) in [5.41, 5.74) is 6.68. The van der Waals surface area contributed by atoms with Crippen LogP contribution in [0, 0.1) is 0 Å². The number of ether oxygens (including phenoxy) is 3. The summed E-state index contributed by atoms with van der Waals surface area (Å²) in [6.45, 7) is 2.04. The lowest BCUT2D eigenvalue weighted by molar-refractivity contribution is 0.0245. The number of hydrogen-bond acceptors (Lipinski definition) is 4. The molecule has 1 aromatic rings. The van der Waals surface area contributed by atoms with Gasteiger partial charge in [-0.15, -0.1) is 0 Å². The van der Waals surface area contributed by atoms with E-state index in [2.05, 4.69) is 0 Å². The molecule has 1 aromatic carbocycles. The van der Waals surface area contributed by atoms with Crippen LogP contribution in [0.15, 0.2) is 18.2 Å². The van der Waals surface area contributed by atoms with Gasteiger partial charge in [-0.25, -0.2) is 0 Å². The standard InChI is InChI=1S/C13H19NO3/c1-15-12-3-2-10(9-14)8-13(12)17-11-4-6-16-7-5-11/h2-3,8,11H,4-7,9,14H2,1H3. The van der Waals surface area contributed by atoms with Gasteiger partial charge in [-0.1, -0.05) is 6.07 Å². The molecule has 1 saturated heterocycles. The average molecular weight is 237 g/mol. The Bertz CT molecular complexity index is 362. The zero-order chi connectivity index (χ0) is 12.1. The van der Waals surface area contributed by atoms with Gasteiger partial charge in [0.05, 0.1) is 20.3 Å². The second-order valence-electron chi connectivity index (χ2n) is 4.12. The maximum atomic E-state index is 5.96. The second-order valence-corrected chi connectivity index (χ2v) is 4.12. The van der Waals surface area contributed by atoms with Crippen LogP contribution < -0.4 is 15.2 Å². The van der Waals surface area contributed by atoms with Gasteiger partial charge >= 0.3 is 0 Å². The van der Waals surface area contributed by atoms with Crippen LogP contribution in [0.4, 0.5) is 0 Å². The topological polar surface area (TPSA) is 53.7 Å². The molecule has 0 spiro atoms. The smallest absolute Gasteiger partial charge is 0.161 e. The van der Waals surface area contributed by atoms with Crippen LogP contribution in [0.2, 0.25) is 0 Å². The van der Waals surface area contributed by atoms with Gasteiger partial charge in [0, 0.05) is 19.4 Å². The SMILES string of the molecule is COc1ccc(CN)cc1OC1CCOCC1. The first-order valence-electron chi connectivity index (χ1n) is 5.95. The minimum absolute atomic E-state index is 0.214. The molecule has 4 heteroatoms. The molecule has 0 saturated carbocycles. The van der Waals surface area contributed by atoms with Crippen molar-refractivity contribution in [3.05, 3.63) is 23.8 Å². The van der Waals surface area contributed by atoms with Gasteiger partial charge in [0.25, 0.3) is 0 Å². The van der Waals surface area contributed by atoms with Crippen molar-refractivity contribution in [2.75, 3.05) is 20.3 Å². The summed E-state index contributed by atoms with van der Waals surface area (Å²) in [4.78, 5) is 0. The van der Waals surface area contributed by atoms with Crippen molar-refractivity contribution >= 4 is 0 Å². The molecule has 0 radical (unpaired) electrons. The summed E-state index contributed by atoms with van der Waals surface area (Å²) >= 11 is 0. The van der Waals surface area contributed by atoms with Crippen molar-refractivity contribution < 1.29 is 14.2 Å². The van der Waals surface area contributed by atoms with Gasteiger partial charge in [0.2, 0.25) is 0 Å². The van der Waals surface area contributed by atoms with Crippen LogP contribution in [0.25, 0.3) is 0 Å². The van der Waals surface area contributed by atoms with Crippen LogP contribution in [0.5, 0.6) is 11.5 Å². The first-order valence-corrected chi connectivity index (χ1v) is 5.95. The third-order valence-corrected chi connectivity index (χ3v) is 2.93. The molecule has 1 aliphatic rings. The summed E-state index contributed by atoms with van der Waals surface area (Å²) in [5, 5.41) is 0. The Balaban J connectivity index is 2.11. The van der Waals surface area contributed by atoms with E-state index in [9.17, 15) is 0 Å². The highest BCUT2D eigenvalue weighted by Gasteiger charge is 2.17. The Morgan fingerprint density at radius 1 is 1.29 bits per heavy atom. The van der Waals surface area contributed by atoms with E-state index >= 15 is 0 Å². The molecule has 1 aliphatic heterocycles. The lowest BCUT2D eigenvalue weighted by Crippen LogP contribution is -2.26. The Morgan fingerprint density at radius 3 is 2.71 bits per heavy atom. The fourth-order valence-electron chi connectivity index (χ4n) is 1.91. The van der Waals surface area contributed by atoms with Crippen molar-refractivity contribution in [3.8, 4) is 11.5 Å². The van der Waals surface area contributed by atoms with E-state index in [1.165, 1.54) is 0 Å². The molecule has 2 rings (SSSR count). The summed E-state index contributed by atoms with van der Waals surface area (Å²) in [5.74, 6) is 1.54. The third-order valence-electron chi connectivity index (χ3n) is 2.93. The van der Waals surface area contributed by atoms with Crippen molar-refractivity contribution in [1.29, 1.82) is 0 Å². The van der Waals surface area contributed by atoms with E-state index in [1.807, 2.05) is 18.2 Å². The number of nitrogens with two attached hydrogens (primary N) is 1. The average Bonchev–Trinajstić information content (AvgIpc) is 2.40. The van der Waals surface area contributed by atoms with Gasteiger partial charge in [-0.3, -0.25) is 0 Å². The molecule has 1 heterocycles. The molecular weight excluding hydrogens is 218 g/mol. The first kappa shape index (κ1) is 12.2. The number of rotatable bonds is 4. The molecular formula is C13H19NO3. The molecule has 0 aromatic heterocycles.